The molecule has 0 aliphatic carbocycles. The van der Waals surface area contributed by atoms with E-state index in [4.69, 9.17) is 4.74 Å². The maximum absolute atomic E-state index is 12.1. The number of para-hydroxylation sites is 1. The molecule has 1 aliphatic heterocycles. The molecular weight excluding hydrogens is 252 g/mol. The fourth-order valence-corrected chi connectivity index (χ4v) is 2.56. The Morgan fingerprint density at radius 1 is 1.50 bits per heavy atom. The highest BCUT2D eigenvalue weighted by molar-refractivity contribution is 5.92. The van der Waals surface area contributed by atoms with Crippen LogP contribution >= 0.6 is 0 Å². The number of ether oxygens (including phenoxy) is 1. The van der Waals surface area contributed by atoms with E-state index in [9.17, 15) is 4.79 Å². The first-order valence-electron chi connectivity index (χ1n) is 6.99. The monoisotopic (exact) mass is 274 g/mol. The Morgan fingerprint density at radius 3 is 3.05 bits per heavy atom. The maximum Gasteiger partial charge on any atom is 0.246 e. The number of nitrogens with zero attached hydrogens (tertiary/aromatic N) is 1. The van der Waals surface area contributed by atoms with Crippen LogP contribution < -0.4 is 10.1 Å². The first kappa shape index (κ1) is 14.6. The summed E-state index contributed by atoms with van der Waals surface area (Å²) in [5.41, 5.74) is 0.925. The highest BCUT2D eigenvalue weighted by Gasteiger charge is 2.24. The van der Waals surface area contributed by atoms with Crippen LogP contribution in [0.5, 0.6) is 5.75 Å². The highest BCUT2D eigenvalue weighted by atomic mass is 16.5. The minimum atomic E-state index is 0.0782. The molecule has 0 saturated carbocycles. The van der Waals surface area contributed by atoms with Gasteiger partial charge in [-0.1, -0.05) is 18.2 Å². The lowest BCUT2D eigenvalue weighted by atomic mass is 10.1. The van der Waals surface area contributed by atoms with Crippen molar-refractivity contribution in [2.45, 2.75) is 6.42 Å². The van der Waals surface area contributed by atoms with Gasteiger partial charge in [0.2, 0.25) is 5.91 Å². The number of carbonyl (C=O) groups is 1. The number of benzene rings is 1. The third kappa shape index (κ3) is 3.61. The van der Waals surface area contributed by atoms with Crippen LogP contribution in [0.3, 0.4) is 0 Å². The molecule has 2 rings (SSSR count). The van der Waals surface area contributed by atoms with Gasteiger partial charge in [-0.05, 0) is 38.1 Å². The molecule has 4 heteroatoms. The van der Waals surface area contributed by atoms with E-state index in [0.717, 1.165) is 37.4 Å². The molecule has 108 valence electrons. The lowest BCUT2D eigenvalue weighted by Crippen LogP contribution is -2.28. The van der Waals surface area contributed by atoms with Crippen LogP contribution in [0.25, 0.3) is 6.08 Å². The third-order valence-electron chi connectivity index (χ3n) is 3.63. The van der Waals surface area contributed by atoms with E-state index in [1.165, 1.54) is 0 Å². The van der Waals surface area contributed by atoms with E-state index in [1.807, 2.05) is 42.3 Å². The molecule has 1 unspecified atom stereocenters. The number of likely N-dealkylation sites (tertiary alicyclic amines) is 1. The zero-order valence-corrected chi connectivity index (χ0v) is 12.1. The Morgan fingerprint density at radius 2 is 2.30 bits per heavy atom. The van der Waals surface area contributed by atoms with E-state index in [0.29, 0.717) is 5.92 Å². The first-order chi connectivity index (χ1) is 9.74. The average molecular weight is 274 g/mol. The predicted octanol–water partition coefficient (Wildman–Crippen LogP) is 1.78. The molecule has 0 spiro atoms. The fraction of sp³-hybridized carbons (Fsp3) is 0.438. The van der Waals surface area contributed by atoms with Crippen molar-refractivity contribution < 1.29 is 9.53 Å². The molecule has 1 aromatic rings. The normalized spacial score (nSPS) is 18.7. The zero-order chi connectivity index (χ0) is 14.4. The van der Waals surface area contributed by atoms with Gasteiger partial charge in [-0.25, -0.2) is 0 Å². The van der Waals surface area contributed by atoms with E-state index < -0.39 is 0 Å². The summed E-state index contributed by atoms with van der Waals surface area (Å²) in [6.45, 7) is 2.66. The van der Waals surface area contributed by atoms with Gasteiger partial charge in [0, 0.05) is 24.7 Å². The molecule has 1 amide bonds. The van der Waals surface area contributed by atoms with Crippen molar-refractivity contribution in [3.8, 4) is 5.75 Å². The van der Waals surface area contributed by atoms with Crippen molar-refractivity contribution >= 4 is 12.0 Å². The summed E-state index contributed by atoms with van der Waals surface area (Å²) >= 11 is 0. The lowest BCUT2D eigenvalue weighted by molar-refractivity contribution is -0.125. The second-order valence-electron chi connectivity index (χ2n) is 5.07. The number of carbonyl (C=O) groups excluding carboxylic acids is 1. The second-order valence-corrected chi connectivity index (χ2v) is 5.07. The molecule has 0 bridgehead atoms. The molecule has 1 aromatic carbocycles. The molecule has 1 fully saturated rings. The Kier molecular flexibility index (Phi) is 5.18. The summed E-state index contributed by atoms with van der Waals surface area (Å²) in [5.74, 6) is 1.43. The van der Waals surface area contributed by atoms with Gasteiger partial charge < -0.3 is 15.0 Å². The fourth-order valence-electron chi connectivity index (χ4n) is 2.56. The van der Waals surface area contributed by atoms with Gasteiger partial charge in [-0.2, -0.15) is 0 Å². The van der Waals surface area contributed by atoms with Crippen molar-refractivity contribution in [2.24, 2.45) is 5.92 Å². The zero-order valence-electron chi connectivity index (χ0n) is 12.1. The van der Waals surface area contributed by atoms with Gasteiger partial charge in [-0.15, -0.1) is 0 Å². The summed E-state index contributed by atoms with van der Waals surface area (Å²) < 4.78 is 5.27. The van der Waals surface area contributed by atoms with Crippen molar-refractivity contribution in [3.05, 3.63) is 35.9 Å². The molecule has 1 saturated heterocycles. The molecule has 0 aromatic heterocycles. The van der Waals surface area contributed by atoms with Gasteiger partial charge in [0.15, 0.2) is 0 Å². The topological polar surface area (TPSA) is 41.6 Å². The molecular formula is C16H22N2O2. The Balaban J connectivity index is 1.96. The number of hydrogen-bond acceptors (Lipinski definition) is 3. The minimum absolute atomic E-state index is 0.0782. The first-order valence-corrected chi connectivity index (χ1v) is 6.99. The predicted molar refractivity (Wildman–Crippen MR) is 80.6 cm³/mol. The van der Waals surface area contributed by atoms with Crippen molar-refractivity contribution in [2.75, 3.05) is 33.8 Å². The number of nitrogens with one attached hydrogen (secondary N) is 1. The van der Waals surface area contributed by atoms with E-state index >= 15 is 0 Å². The van der Waals surface area contributed by atoms with Gasteiger partial charge >= 0.3 is 0 Å². The minimum Gasteiger partial charge on any atom is -0.496 e. The van der Waals surface area contributed by atoms with Crippen LogP contribution in [0.4, 0.5) is 0 Å². The lowest BCUT2D eigenvalue weighted by Gasteiger charge is -2.14. The summed E-state index contributed by atoms with van der Waals surface area (Å²) in [6.07, 6.45) is 4.54. The van der Waals surface area contributed by atoms with Crippen LogP contribution in [0, 0.1) is 5.92 Å². The largest absolute Gasteiger partial charge is 0.496 e. The number of hydrogen-bond donors (Lipinski definition) is 1. The molecule has 0 radical (unpaired) electrons. The smallest absolute Gasteiger partial charge is 0.246 e. The Hall–Kier alpha value is -1.81. The quantitative estimate of drug-likeness (QED) is 0.832. The van der Waals surface area contributed by atoms with Gasteiger partial charge in [0.25, 0.3) is 0 Å². The van der Waals surface area contributed by atoms with E-state index in [2.05, 4.69) is 5.32 Å². The van der Waals surface area contributed by atoms with E-state index in [-0.39, 0.29) is 5.91 Å². The van der Waals surface area contributed by atoms with Crippen LogP contribution in [-0.4, -0.2) is 44.6 Å². The number of methoxy groups -OCH3 is 1. The van der Waals surface area contributed by atoms with Crippen LogP contribution in [0.2, 0.25) is 0 Å². The molecule has 20 heavy (non-hydrogen) atoms. The summed E-state index contributed by atoms with van der Waals surface area (Å²) in [4.78, 5) is 14.1. The maximum atomic E-state index is 12.1. The Labute approximate surface area is 120 Å². The third-order valence-corrected chi connectivity index (χ3v) is 3.63. The van der Waals surface area contributed by atoms with Gasteiger partial charge in [0.05, 0.1) is 7.11 Å². The van der Waals surface area contributed by atoms with Crippen LogP contribution in [-0.2, 0) is 4.79 Å². The molecule has 4 nitrogen and oxygen atoms in total. The SMILES string of the molecule is CNCC1CCN(C(=O)C=Cc2ccccc2OC)C1. The second kappa shape index (κ2) is 7.10. The number of amides is 1. The van der Waals surface area contributed by atoms with Gasteiger partial charge in [-0.3, -0.25) is 4.79 Å². The van der Waals surface area contributed by atoms with Crippen molar-refractivity contribution in [1.29, 1.82) is 0 Å². The molecule has 1 N–H and O–H groups in total. The van der Waals surface area contributed by atoms with E-state index in [1.54, 1.807) is 13.2 Å². The Bertz CT molecular complexity index is 485. The van der Waals surface area contributed by atoms with Crippen LogP contribution in [0.1, 0.15) is 12.0 Å². The molecule has 1 atom stereocenters. The standard InChI is InChI=1S/C16H22N2O2/c1-17-11-13-9-10-18(12-13)16(19)8-7-14-5-3-4-6-15(14)20-2/h3-8,13,17H,9-12H2,1-2H3. The molecule has 1 aliphatic rings. The summed E-state index contributed by atoms with van der Waals surface area (Å²) in [5, 5.41) is 3.17. The van der Waals surface area contributed by atoms with Gasteiger partial charge in [0.1, 0.15) is 5.75 Å². The molecule has 1 heterocycles. The summed E-state index contributed by atoms with van der Waals surface area (Å²) in [6, 6.07) is 7.69. The van der Waals surface area contributed by atoms with Crippen LogP contribution in [0.15, 0.2) is 30.3 Å². The average Bonchev–Trinajstić information content (AvgIpc) is 2.94. The highest BCUT2D eigenvalue weighted by Crippen LogP contribution is 2.20. The van der Waals surface area contributed by atoms with Crippen molar-refractivity contribution in [3.63, 3.8) is 0 Å². The van der Waals surface area contributed by atoms with Crippen molar-refractivity contribution in [1.82, 2.24) is 10.2 Å². The summed E-state index contributed by atoms with van der Waals surface area (Å²) in [7, 11) is 3.59. The number of rotatable bonds is 5.